The molecule has 0 saturated heterocycles. The minimum atomic E-state index is -4.28. The molecule has 0 fully saturated rings. The molecule has 0 spiro atoms. The van der Waals surface area contributed by atoms with Crippen LogP contribution < -0.4 is 21.9 Å². The monoisotopic (exact) mass is 252 g/mol. The number of rotatable bonds is 1. The van der Waals surface area contributed by atoms with Crippen molar-refractivity contribution in [3.8, 4) is 0 Å². The van der Waals surface area contributed by atoms with E-state index < -0.39 is 15.4 Å². The molecular weight excluding hydrogens is 240 g/mol. The van der Waals surface area contributed by atoms with Crippen LogP contribution in [-0.4, -0.2) is 13.0 Å². The van der Waals surface area contributed by atoms with Crippen LogP contribution in [0.1, 0.15) is 10.8 Å². The van der Waals surface area contributed by atoms with Crippen LogP contribution in [0.4, 0.5) is 0 Å². The van der Waals surface area contributed by atoms with Gasteiger partial charge in [-0.2, -0.15) is 8.42 Å². The van der Waals surface area contributed by atoms with Crippen molar-refractivity contribution in [1.29, 1.82) is 0 Å². The lowest BCUT2D eigenvalue weighted by Crippen LogP contribution is -2.36. The molecule has 0 aromatic heterocycles. The lowest BCUT2D eigenvalue weighted by atomic mass is 10.0. The topological polar surface area (TPSA) is 106 Å². The SMILES string of the molecule is NC=c1cccc2c1=CC=C(N)C2S(=O)(=O)O. The van der Waals surface area contributed by atoms with Crippen LogP contribution in [0.5, 0.6) is 0 Å². The fraction of sp³-hybridized carbons (Fsp3) is 0.0909. The predicted molar refractivity (Wildman–Crippen MR) is 65.4 cm³/mol. The van der Waals surface area contributed by atoms with Crippen LogP contribution >= 0.6 is 0 Å². The summed E-state index contributed by atoms with van der Waals surface area (Å²) in [7, 11) is -4.28. The third-order valence-corrected chi connectivity index (χ3v) is 3.80. The maximum atomic E-state index is 11.3. The van der Waals surface area contributed by atoms with Gasteiger partial charge in [-0.1, -0.05) is 24.3 Å². The van der Waals surface area contributed by atoms with Crippen molar-refractivity contribution in [3.63, 3.8) is 0 Å². The molecule has 1 aliphatic rings. The van der Waals surface area contributed by atoms with Crippen molar-refractivity contribution in [2.24, 2.45) is 11.5 Å². The first-order chi connectivity index (χ1) is 7.95. The third kappa shape index (κ3) is 1.92. The molecule has 1 aromatic rings. The number of hydrogen-bond acceptors (Lipinski definition) is 4. The fourth-order valence-corrected chi connectivity index (χ4v) is 2.90. The van der Waals surface area contributed by atoms with Crippen molar-refractivity contribution in [3.05, 3.63) is 46.0 Å². The second-order valence-corrected chi connectivity index (χ2v) is 5.25. The molecule has 5 N–H and O–H groups in total. The van der Waals surface area contributed by atoms with E-state index in [-0.39, 0.29) is 5.70 Å². The summed E-state index contributed by atoms with van der Waals surface area (Å²) >= 11 is 0. The molecular formula is C11H12N2O3S. The van der Waals surface area contributed by atoms with Gasteiger partial charge in [0.1, 0.15) is 0 Å². The molecule has 2 rings (SSSR count). The van der Waals surface area contributed by atoms with E-state index in [1.165, 1.54) is 12.3 Å². The van der Waals surface area contributed by atoms with Gasteiger partial charge >= 0.3 is 0 Å². The quantitative estimate of drug-likeness (QED) is 0.553. The van der Waals surface area contributed by atoms with Gasteiger partial charge in [-0.25, -0.2) is 0 Å². The highest BCUT2D eigenvalue weighted by atomic mass is 32.2. The normalized spacial score (nSPS) is 20.4. The first kappa shape index (κ1) is 11.7. The van der Waals surface area contributed by atoms with Crippen LogP contribution in [-0.2, 0) is 10.1 Å². The lowest BCUT2D eigenvalue weighted by molar-refractivity contribution is 0.474. The largest absolute Gasteiger partial charge is 0.404 e. The summed E-state index contributed by atoms with van der Waals surface area (Å²) in [6.07, 6.45) is 4.53. The maximum Gasteiger partial charge on any atom is 0.277 e. The van der Waals surface area contributed by atoms with Crippen LogP contribution in [0.25, 0.3) is 12.3 Å². The molecule has 17 heavy (non-hydrogen) atoms. The van der Waals surface area contributed by atoms with E-state index in [1.807, 2.05) is 0 Å². The first-order valence-electron chi connectivity index (χ1n) is 4.89. The van der Waals surface area contributed by atoms with Crippen molar-refractivity contribution >= 4 is 22.4 Å². The lowest BCUT2D eigenvalue weighted by Gasteiger charge is -2.18. The number of hydrogen-bond donors (Lipinski definition) is 3. The summed E-state index contributed by atoms with van der Waals surface area (Å²) < 4.78 is 31.9. The summed E-state index contributed by atoms with van der Waals surface area (Å²) in [5.41, 5.74) is 11.6. The molecule has 1 atom stereocenters. The van der Waals surface area contributed by atoms with Gasteiger partial charge in [-0.05, 0) is 22.1 Å². The second kappa shape index (κ2) is 3.90. The Kier molecular flexibility index (Phi) is 2.68. The number of fused-ring (bicyclic) bond motifs is 1. The number of nitrogens with two attached hydrogens (primary N) is 2. The highest BCUT2D eigenvalue weighted by Gasteiger charge is 2.30. The first-order valence-corrected chi connectivity index (χ1v) is 6.40. The Labute approximate surface area is 98.5 Å². The van der Waals surface area contributed by atoms with E-state index in [1.54, 1.807) is 24.3 Å². The Balaban J connectivity index is 2.87. The van der Waals surface area contributed by atoms with E-state index in [2.05, 4.69) is 0 Å². The Morgan fingerprint density at radius 2 is 2.00 bits per heavy atom. The third-order valence-electron chi connectivity index (χ3n) is 2.68. The number of benzene rings is 1. The molecule has 0 amide bonds. The number of allylic oxidation sites excluding steroid dienone is 1. The average Bonchev–Trinajstić information content (AvgIpc) is 2.25. The molecule has 1 aromatic carbocycles. The Morgan fingerprint density at radius 1 is 1.29 bits per heavy atom. The molecule has 6 heteroatoms. The van der Waals surface area contributed by atoms with Crippen LogP contribution in [0.3, 0.4) is 0 Å². The molecule has 0 aliphatic heterocycles. The Bertz CT molecular complexity index is 705. The highest BCUT2D eigenvalue weighted by Crippen LogP contribution is 2.25. The van der Waals surface area contributed by atoms with Crippen molar-refractivity contribution in [2.45, 2.75) is 5.25 Å². The van der Waals surface area contributed by atoms with Crippen LogP contribution in [0, 0.1) is 0 Å². The Hall–Kier alpha value is -1.79. The minimum Gasteiger partial charge on any atom is -0.404 e. The molecule has 0 saturated carbocycles. The van der Waals surface area contributed by atoms with Crippen molar-refractivity contribution in [2.75, 3.05) is 0 Å². The molecule has 5 nitrogen and oxygen atoms in total. The van der Waals surface area contributed by atoms with Gasteiger partial charge < -0.3 is 11.5 Å². The smallest absolute Gasteiger partial charge is 0.277 e. The summed E-state index contributed by atoms with van der Waals surface area (Å²) in [6, 6.07) is 5.03. The summed E-state index contributed by atoms with van der Waals surface area (Å²) in [5, 5.41) is 0.133. The summed E-state index contributed by atoms with van der Waals surface area (Å²) in [5.74, 6) is 0. The van der Waals surface area contributed by atoms with Gasteiger partial charge in [0.2, 0.25) is 0 Å². The summed E-state index contributed by atoms with van der Waals surface area (Å²) in [6.45, 7) is 0. The van der Waals surface area contributed by atoms with Gasteiger partial charge in [0.25, 0.3) is 10.1 Å². The van der Waals surface area contributed by atoms with Gasteiger partial charge in [0, 0.05) is 11.9 Å². The molecule has 0 bridgehead atoms. The molecule has 0 heterocycles. The molecule has 1 aliphatic carbocycles. The zero-order valence-corrected chi connectivity index (χ0v) is 9.68. The highest BCUT2D eigenvalue weighted by molar-refractivity contribution is 7.86. The molecule has 1 unspecified atom stereocenters. The standard InChI is InChI=1S/C11H12N2O3S/c12-6-7-2-1-3-9-8(7)4-5-10(13)11(9)17(14,15)16/h1-6,11H,12-13H2,(H,14,15,16). The average molecular weight is 252 g/mol. The van der Waals surface area contributed by atoms with Gasteiger partial charge in [-0.15, -0.1) is 0 Å². The van der Waals surface area contributed by atoms with E-state index in [9.17, 15) is 13.0 Å². The van der Waals surface area contributed by atoms with Gasteiger partial charge in [0.05, 0.1) is 0 Å². The van der Waals surface area contributed by atoms with Gasteiger partial charge in [-0.3, -0.25) is 4.55 Å². The van der Waals surface area contributed by atoms with E-state index >= 15 is 0 Å². The second-order valence-electron chi connectivity index (χ2n) is 3.75. The maximum absolute atomic E-state index is 11.3. The van der Waals surface area contributed by atoms with E-state index in [0.29, 0.717) is 16.0 Å². The van der Waals surface area contributed by atoms with E-state index in [4.69, 9.17) is 11.5 Å². The van der Waals surface area contributed by atoms with Crippen molar-refractivity contribution < 1.29 is 13.0 Å². The van der Waals surface area contributed by atoms with Crippen LogP contribution in [0.15, 0.2) is 30.0 Å². The minimum absolute atomic E-state index is 0.0918. The fourth-order valence-electron chi connectivity index (χ4n) is 1.95. The van der Waals surface area contributed by atoms with Crippen molar-refractivity contribution in [1.82, 2.24) is 0 Å². The zero-order valence-electron chi connectivity index (χ0n) is 8.87. The van der Waals surface area contributed by atoms with Gasteiger partial charge in [0.15, 0.2) is 5.25 Å². The molecule has 0 radical (unpaired) electrons. The predicted octanol–water partition coefficient (Wildman–Crippen LogP) is -1.05. The summed E-state index contributed by atoms with van der Waals surface area (Å²) in [4.78, 5) is 0. The zero-order chi connectivity index (χ0) is 12.6. The molecule has 90 valence electrons. The van der Waals surface area contributed by atoms with E-state index in [0.717, 1.165) is 0 Å². The Morgan fingerprint density at radius 3 is 2.59 bits per heavy atom. The van der Waals surface area contributed by atoms with Crippen LogP contribution in [0.2, 0.25) is 0 Å².